The molecule has 0 saturated carbocycles. The quantitative estimate of drug-likeness (QED) is 0.402. The Balaban J connectivity index is 1.73. The Hall–Kier alpha value is -2.17. The number of thioether (sulfide) groups is 2. The number of anilines is 1. The highest BCUT2D eigenvalue weighted by atomic mass is 32.2. The van der Waals surface area contributed by atoms with Gasteiger partial charge in [0.25, 0.3) is 0 Å². The molecule has 0 radical (unpaired) electrons. The minimum atomic E-state index is -0.0560. The zero-order valence-corrected chi connectivity index (χ0v) is 16.2. The Morgan fingerprint density at radius 2 is 1.31 bits per heavy atom. The normalized spacial score (nSPS) is 10.5. The molecule has 1 amide bonds. The van der Waals surface area contributed by atoms with E-state index in [1.165, 1.54) is 16.7 Å². The Kier molecular flexibility index (Phi) is 6.81. The molecule has 0 aliphatic carbocycles. The number of carbonyl (C=O) groups is 1. The number of hydrogen-bond acceptors (Lipinski definition) is 3. The lowest BCUT2D eigenvalue weighted by molar-refractivity contribution is -0.114. The molecule has 0 aliphatic rings. The zero-order chi connectivity index (χ0) is 18.2. The number of benzene rings is 3. The van der Waals surface area contributed by atoms with Gasteiger partial charge in [-0.15, -0.1) is 46.8 Å². The van der Waals surface area contributed by atoms with E-state index in [0.717, 1.165) is 28.3 Å². The number of hydrogen-bond donors (Lipinski definition) is 1. The van der Waals surface area contributed by atoms with Gasteiger partial charge in [0.05, 0.1) is 0 Å². The molecule has 0 heterocycles. The monoisotopic (exact) mass is 378 g/mol. The van der Waals surface area contributed by atoms with Crippen LogP contribution in [0, 0.1) is 6.07 Å². The van der Waals surface area contributed by atoms with E-state index in [-0.39, 0.29) is 5.91 Å². The van der Waals surface area contributed by atoms with Gasteiger partial charge < -0.3 is 5.32 Å². The smallest absolute Gasteiger partial charge is 0.219 e. The van der Waals surface area contributed by atoms with Gasteiger partial charge in [0, 0.05) is 28.2 Å². The average molecular weight is 379 g/mol. The molecule has 0 aliphatic heterocycles. The molecule has 0 aromatic heterocycles. The van der Waals surface area contributed by atoms with E-state index in [1.54, 1.807) is 23.5 Å². The second-order valence-electron chi connectivity index (χ2n) is 5.80. The molecular formula is C22H20NOS2-. The molecular weight excluding hydrogens is 358 g/mol. The summed E-state index contributed by atoms with van der Waals surface area (Å²) in [7, 11) is 0. The van der Waals surface area contributed by atoms with Crippen molar-refractivity contribution < 1.29 is 4.79 Å². The van der Waals surface area contributed by atoms with Gasteiger partial charge in [-0.25, -0.2) is 0 Å². The molecule has 0 spiro atoms. The standard InChI is InChI=1S/C22H20NOS2/c1-17(24)23-20-13-18(15-25-21-8-4-2-5-9-21)12-19(14-20)16-26-22-10-6-3-7-11-22/h2-11,13-14H,15-16H2,1H3,(H,23,24)/q-1. The van der Waals surface area contributed by atoms with E-state index in [9.17, 15) is 4.79 Å². The fourth-order valence-electron chi connectivity index (χ4n) is 2.48. The van der Waals surface area contributed by atoms with E-state index in [0.29, 0.717) is 0 Å². The van der Waals surface area contributed by atoms with Crippen molar-refractivity contribution >= 4 is 35.1 Å². The highest BCUT2D eigenvalue weighted by molar-refractivity contribution is 7.98. The Bertz CT molecular complexity index is 789. The predicted molar refractivity (Wildman–Crippen MR) is 112 cm³/mol. The highest BCUT2D eigenvalue weighted by Crippen LogP contribution is 2.28. The van der Waals surface area contributed by atoms with Crippen molar-refractivity contribution in [1.82, 2.24) is 0 Å². The summed E-state index contributed by atoms with van der Waals surface area (Å²) >= 11 is 3.55. The van der Waals surface area contributed by atoms with Crippen LogP contribution in [0.1, 0.15) is 18.1 Å². The van der Waals surface area contributed by atoms with Gasteiger partial charge in [0.15, 0.2) is 0 Å². The van der Waals surface area contributed by atoms with Crippen LogP contribution in [0.2, 0.25) is 0 Å². The third kappa shape index (κ3) is 5.97. The van der Waals surface area contributed by atoms with Crippen LogP contribution in [-0.2, 0) is 16.3 Å². The third-order valence-corrected chi connectivity index (χ3v) is 5.70. The SMILES string of the molecule is CC(=O)Nc1cc(CSc2ccccc2)[c-]c(CSc2ccccc2)c1. The van der Waals surface area contributed by atoms with Crippen molar-refractivity contribution in [2.75, 3.05) is 5.32 Å². The van der Waals surface area contributed by atoms with Crippen LogP contribution in [0.4, 0.5) is 5.69 Å². The third-order valence-electron chi connectivity index (χ3n) is 3.58. The van der Waals surface area contributed by atoms with Crippen LogP contribution in [0.25, 0.3) is 0 Å². The molecule has 3 rings (SSSR count). The van der Waals surface area contributed by atoms with Gasteiger partial charge in [-0.2, -0.15) is 6.07 Å². The molecule has 0 saturated heterocycles. The van der Waals surface area contributed by atoms with Crippen molar-refractivity contribution in [3.05, 3.63) is 90.0 Å². The molecule has 0 unspecified atom stereocenters. The second-order valence-corrected chi connectivity index (χ2v) is 7.90. The first-order valence-corrected chi connectivity index (χ1v) is 10.3. The molecule has 4 heteroatoms. The van der Waals surface area contributed by atoms with Gasteiger partial charge in [-0.1, -0.05) is 42.1 Å². The van der Waals surface area contributed by atoms with E-state index in [4.69, 9.17) is 0 Å². The maximum Gasteiger partial charge on any atom is 0.219 e. The number of amides is 1. The number of nitrogens with one attached hydrogen (secondary N) is 1. The second kappa shape index (κ2) is 9.51. The summed E-state index contributed by atoms with van der Waals surface area (Å²) in [6.07, 6.45) is 0. The molecule has 0 atom stereocenters. The Labute approximate surface area is 163 Å². The van der Waals surface area contributed by atoms with Crippen LogP contribution in [-0.4, -0.2) is 5.91 Å². The molecule has 1 N–H and O–H groups in total. The fourth-order valence-corrected chi connectivity index (χ4v) is 4.14. The Morgan fingerprint density at radius 3 is 1.73 bits per heavy atom. The van der Waals surface area contributed by atoms with E-state index < -0.39 is 0 Å². The Morgan fingerprint density at radius 1 is 0.846 bits per heavy atom. The van der Waals surface area contributed by atoms with Crippen LogP contribution < -0.4 is 5.32 Å². The molecule has 3 aromatic rings. The zero-order valence-electron chi connectivity index (χ0n) is 14.6. The highest BCUT2D eigenvalue weighted by Gasteiger charge is 1.99. The summed E-state index contributed by atoms with van der Waals surface area (Å²) in [6.45, 7) is 1.54. The maximum absolute atomic E-state index is 11.5. The summed E-state index contributed by atoms with van der Waals surface area (Å²) in [5, 5.41) is 2.90. The summed E-state index contributed by atoms with van der Waals surface area (Å²) in [5.74, 6) is 1.58. The van der Waals surface area contributed by atoms with Crippen LogP contribution in [0.3, 0.4) is 0 Å². The van der Waals surface area contributed by atoms with Crippen molar-refractivity contribution in [1.29, 1.82) is 0 Å². The molecule has 26 heavy (non-hydrogen) atoms. The average Bonchev–Trinajstić information content (AvgIpc) is 2.66. The van der Waals surface area contributed by atoms with E-state index >= 15 is 0 Å². The van der Waals surface area contributed by atoms with Gasteiger partial charge in [0.2, 0.25) is 5.91 Å². The first-order chi connectivity index (χ1) is 12.7. The minimum Gasteiger partial charge on any atom is -0.349 e. The molecule has 0 bridgehead atoms. The molecule has 3 aromatic carbocycles. The first kappa shape index (κ1) is 18.6. The largest absolute Gasteiger partial charge is 0.349 e. The summed E-state index contributed by atoms with van der Waals surface area (Å²) in [6, 6.07) is 28.2. The minimum absolute atomic E-state index is 0.0560. The lowest BCUT2D eigenvalue weighted by atomic mass is 10.1. The predicted octanol–water partition coefficient (Wildman–Crippen LogP) is 6.03. The lowest BCUT2D eigenvalue weighted by Crippen LogP contribution is -2.06. The summed E-state index contributed by atoms with van der Waals surface area (Å²) in [5.41, 5.74) is 3.02. The molecule has 0 fully saturated rings. The van der Waals surface area contributed by atoms with Crippen LogP contribution >= 0.6 is 23.5 Å². The maximum atomic E-state index is 11.5. The van der Waals surface area contributed by atoms with Crippen molar-refractivity contribution in [2.24, 2.45) is 0 Å². The van der Waals surface area contributed by atoms with Crippen LogP contribution in [0.5, 0.6) is 0 Å². The molecule has 2 nitrogen and oxygen atoms in total. The van der Waals surface area contributed by atoms with Gasteiger partial charge in [0.1, 0.15) is 0 Å². The topological polar surface area (TPSA) is 29.1 Å². The summed E-state index contributed by atoms with van der Waals surface area (Å²) < 4.78 is 0. The molecule has 132 valence electrons. The first-order valence-electron chi connectivity index (χ1n) is 8.37. The van der Waals surface area contributed by atoms with E-state index in [1.807, 2.05) is 48.5 Å². The van der Waals surface area contributed by atoms with Crippen molar-refractivity contribution in [2.45, 2.75) is 28.2 Å². The van der Waals surface area contributed by atoms with Gasteiger partial charge >= 0.3 is 0 Å². The fraction of sp³-hybridized carbons (Fsp3) is 0.136. The van der Waals surface area contributed by atoms with Crippen molar-refractivity contribution in [3.8, 4) is 0 Å². The van der Waals surface area contributed by atoms with Crippen molar-refractivity contribution in [3.63, 3.8) is 0 Å². The number of rotatable bonds is 7. The van der Waals surface area contributed by atoms with Gasteiger partial charge in [-0.3, -0.25) is 4.79 Å². The van der Waals surface area contributed by atoms with E-state index in [2.05, 4.69) is 35.6 Å². The number of carbonyl (C=O) groups excluding carboxylic acids is 1. The van der Waals surface area contributed by atoms with Crippen LogP contribution in [0.15, 0.2) is 82.6 Å². The van der Waals surface area contributed by atoms with Gasteiger partial charge in [-0.05, 0) is 24.3 Å². The summed E-state index contributed by atoms with van der Waals surface area (Å²) in [4.78, 5) is 13.9. The lowest BCUT2D eigenvalue weighted by Gasteiger charge is -2.18.